The molecule has 1 rings (SSSR count). The lowest BCUT2D eigenvalue weighted by Crippen LogP contribution is -2.35. The Balaban J connectivity index is 2.75. The molecule has 4 N–H and O–H groups in total. The van der Waals surface area contributed by atoms with E-state index in [0.717, 1.165) is 0 Å². The molecule has 0 spiro atoms. The predicted molar refractivity (Wildman–Crippen MR) is 67.0 cm³/mol. The van der Waals surface area contributed by atoms with Gasteiger partial charge in [0.05, 0.1) is 0 Å². The van der Waals surface area contributed by atoms with Crippen molar-refractivity contribution in [2.75, 3.05) is 6.61 Å². The zero-order valence-corrected chi connectivity index (χ0v) is 10.5. The number of nitrogens with one attached hydrogen (secondary N) is 1. The highest BCUT2D eigenvalue weighted by molar-refractivity contribution is 5.40. The highest BCUT2D eigenvalue weighted by Gasteiger charge is 2.17. The molecule has 0 aliphatic rings. The quantitative estimate of drug-likeness (QED) is 0.591. The van der Waals surface area contributed by atoms with Crippen LogP contribution in [0.25, 0.3) is 0 Å². The summed E-state index contributed by atoms with van der Waals surface area (Å²) in [5.74, 6) is 0.429. The van der Waals surface area contributed by atoms with Crippen LogP contribution in [0, 0.1) is 5.92 Å². The molecule has 4 nitrogen and oxygen atoms in total. The monoisotopic (exact) mass is 239 g/mol. The third-order valence-corrected chi connectivity index (χ3v) is 3.13. The summed E-state index contributed by atoms with van der Waals surface area (Å²) in [5.41, 5.74) is 0.655. The first-order valence-corrected chi connectivity index (χ1v) is 5.84. The van der Waals surface area contributed by atoms with Crippen LogP contribution >= 0.6 is 0 Å². The number of phenols is 2. The van der Waals surface area contributed by atoms with Crippen LogP contribution in [0.2, 0.25) is 0 Å². The van der Waals surface area contributed by atoms with E-state index < -0.39 is 0 Å². The van der Waals surface area contributed by atoms with Crippen molar-refractivity contribution in [3.63, 3.8) is 0 Å². The molecule has 17 heavy (non-hydrogen) atoms. The molecular formula is C13H21NO3. The summed E-state index contributed by atoms with van der Waals surface area (Å²) in [6.07, 6.45) is 0. The van der Waals surface area contributed by atoms with Gasteiger partial charge in [-0.05, 0) is 38.0 Å². The van der Waals surface area contributed by atoms with E-state index in [0.29, 0.717) is 5.56 Å². The Kier molecular flexibility index (Phi) is 4.78. The molecular weight excluding hydrogens is 218 g/mol. The second kappa shape index (κ2) is 5.89. The first-order chi connectivity index (χ1) is 7.95. The normalized spacial score (nSPS) is 16.5. The molecule has 1 aromatic rings. The number of phenolic OH excluding ortho intramolecular Hbond substituents is 2. The molecule has 0 heterocycles. The summed E-state index contributed by atoms with van der Waals surface area (Å²) in [5, 5.41) is 31.5. The van der Waals surface area contributed by atoms with Crippen molar-refractivity contribution in [3.8, 4) is 11.5 Å². The number of aliphatic hydroxyl groups excluding tert-OH is 1. The van der Waals surface area contributed by atoms with Gasteiger partial charge in [0.15, 0.2) is 0 Å². The Hall–Kier alpha value is -1.26. The van der Waals surface area contributed by atoms with Crippen LogP contribution in [0.1, 0.15) is 32.4 Å². The summed E-state index contributed by atoms with van der Waals surface area (Å²) in [6.45, 7) is 5.96. The summed E-state index contributed by atoms with van der Waals surface area (Å²) in [6, 6.07) is 4.50. The SMILES string of the molecule is CC(NC(C)C(C)CO)c1cc(O)ccc1O. The standard InChI is InChI=1S/C13H21NO3/c1-8(7-15)9(2)14-10(3)12-6-11(16)4-5-13(12)17/h4-6,8-10,14-17H,7H2,1-3H3. The van der Waals surface area contributed by atoms with Gasteiger partial charge in [0, 0.05) is 24.3 Å². The van der Waals surface area contributed by atoms with Gasteiger partial charge in [0.1, 0.15) is 11.5 Å². The maximum absolute atomic E-state index is 9.71. The van der Waals surface area contributed by atoms with Gasteiger partial charge in [-0.1, -0.05) is 6.92 Å². The Bertz CT molecular complexity index is 368. The van der Waals surface area contributed by atoms with E-state index in [4.69, 9.17) is 5.11 Å². The van der Waals surface area contributed by atoms with E-state index in [1.807, 2.05) is 20.8 Å². The van der Waals surface area contributed by atoms with Crippen LogP contribution in [0.3, 0.4) is 0 Å². The van der Waals surface area contributed by atoms with Crippen molar-refractivity contribution in [1.82, 2.24) is 5.32 Å². The number of hydrogen-bond acceptors (Lipinski definition) is 4. The van der Waals surface area contributed by atoms with E-state index in [9.17, 15) is 10.2 Å². The maximum atomic E-state index is 9.71. The third kappa shape index (κ3) is 3.61. The number of aromatic hydroxyl groups is 2. The zero-order valence-electron chi connectivity index (χ0n) is 10.5. The summed E-state index contributed by atoms with van der Waals surface area (Å²) < 4.78 is 0. The van der Waals surface area contributed by atoms with Crippen LogP contribution in [-0.4, -0.2) is 28.0 Å². The minimum absolute atomic E-state index is 0.0916. The molecule has 0 saturated carbocycles. The van der Waals surface area contributed by atoms with Gasteiger partial charge in [0.25, 0.3) is 0 Å². The van der Waals surface area contributed by atoms with Crippen molar-refractivity contribution in [2.45, 2.75) is 32.9 Å². The van der Waals surface area contributed by atoms with Crippen LogP contribution in [0.15, 0.2) is 18.2 Å². The molecule has 3 unspecified atom stereocenters. The molecule has 0 aliphatic carbocycles. The summed E-state index contributed by atoms with van der Waals surface area (Å²) in [4.78, 5) is 0. The minimum Gasteiger partial charge on any atom is -0.508 e. The lowest BCUT2D eigenvalue weighted by atomic mass is 10.0. The van der Waals surface area contributed by atoms with Gasteiger partial charge in [-0.3, -0.25) is 0 Å². The minimum atomic E-state index is -0.0916. The Morgan fingerprint density at radius 2 is 1.82 bits per heavy atom. The Morgan fingerprint density at radius 3 is 2.41 bits per heavy atom. The predicted octanol–water partition coefficient (Wildman–Crippen LogP) is 1.77. The van der Waals surface area contributed by atoms with Gasteiger partial charge in [-0.25, -0.2) is 0 Å². The highest BCUT2D eigenvalue weighted by atomic mass is 16.3. The largest absolute Gasteiger partial charge is 0.508 e. The number of aliphatic hydroxyl groups is 1. The van der Waals surface area contributed by atoms with Gasteiger partial charge >= 0.3 is 0 Å². The van der Waals surface area contributed by atoms with Crippen LogP contribution in [0.4, 0.5) is 0 Å². The number of rotatable bonds is 5. The van der Waals surface area contributed by atoms with Gasteiger partial charge < -0.3 is 20.6 Å². The first kappa shape index (κ1) is 13.8. The van der Waals surface area contributed by atoms with Crippen molar-refractivity contribution < 1.29 is 15.3 Å². The van der Waals surface area contributed by atoms with Crippen molar-refractivity contribution in [3.05, 3.63) is 23.8 Å². The van der Waals surface area contributed by atoms with Crippen molar-refractivity contribution in [1.29, 1.82) is 0 Å². The summed E-state index contributed by atoms with van der Waals surface area (Å²) in [7, 11) is 0. The molecule has 96 valence electrons. The van der Waals surface area contributed by atoms with E-state index >= 15 is 0 Å². The first-order valence-electron chi connectivity index (χ1n) is 5.84. The zero-order chi connectivity index (χ0) is 13.0. The van der Waals surface area contributed by atoms with Crippen molar-refractivity contribution in [2.24, 2.45) is 5.92 Å². The summed E-state index contributed by atoms with van der Waals surface area (Å²) >= 11 is 0. The topological polar surface area (TPSA) is 72.7 Å². The van der Waals surface area contributed by atoms with Gasteiger partial charge in [-0.2, -0.15) is 0 Å². The molecule has 0 saturated heterocycles. The average molecular weight is 239 g/mol. The van der Waals surface area contributed by atoms with Crippen LogP contribution < -0.4 is 5.32 Å². The van der Waals surface area contributed by atoms with Crippen LogP contribution in [-0.2, 0) is 0 Å². The Labute approximate surface area is 102 Å². The van der Waals surface area contributed by atoms with Gasteiger partial charge in [0.2, 0.25) is 0 Å². The molecule has 4 heteroatoms. The second-order valence-corrected chi connectivity index (χ2v) is 4.58. The average Bonchev–Trinajstić information content (AvgIpc) is 2.30. The molecule has 1 aromatic carbocycles. The van der Waals surface area contributed by atoms with E-state index in [-0.39, 0.29) is 36.1 Å². The van der Waals surface area contributed by atoms with E-state index in [1.54, 1.807) is 6.07 Å². The van der Waals surface area contributed by atoms with Gasteiger partial charge in [-0.15, -0.1) is 0 Å². The highest BCUT2D eigenvalue weighted by Crippen LogP contribution is 2.28. The lowest BCUT2D eigenvalue weighted by molar-refractivity contribution is 0.202. The lowest BCUT2D eigenvalue weighted by Gasteiger charge is -2.24. The van der Waals surface area contributed by atoms with E-state index in [2.05, 4.69) is 5.32 Å². The van der Waals surface area contributed by atoms with E-state index in [1.165, 1.54) is 12.1 Å². The molecule has 0 radical (unpaired) electrons. The molecule has 0 bridgehead atoms. The molecule has 0 aliphatic heterocycles. The fourth-order valence-corrected chi connectivity index (χ4v) is 1.70. The molecule has 3 atom stereocenters. The molecule has 0 aromatic heterocycles. The Morgan fingerprint density at radius 1 is 1.18 bits per heavy atom. The molecule has 0 fully saturated rings. The molecule has 0 amide bonds. The number of benzene rings is 1. The second-order valence-electron chi connectivity index (χ2n) is 4.58. The number of hydrogen-bond donors (Lipinski definition) is 4. The fraction of sp³-hybridized carbons (Fsp3) is 0.538. The maximum Gasteiger partial charge on any atom is 0.120 e. The van der Waals surface area contributed by atoms with Crippen molar-refractivity contribution >= 4 is 0 Å². The third-order valence-electron chi connectivity index (χ3n) is 3.13. The smallest absolute Gasteiger partial charge is 0.120 e. The van der Waals surface area contributed by atoms with Crippen LogP contribution in [0.5, 0.6) is 11.5 Å². The fourth-order valence-electron chi connectivity index (χ4n) is 1.70.